The van der Waals surface area contributed by atoms with E-state index in [0.717, 1.165) is 10.9 Å². The van der Waals surface area contributed by atoms with Crippen molar-refractivity contribution in [3.8, 4) is 0 Å². The molecule has 2 heterocycles. The van der Waals surface area contributed by atoms with E-state index in [0.29, 0.717) is 5.82 Å². The van der Waals surface area contributed by atoms with Crippen molar-refractivity contribution < 1.29 is 9.90 Å². The minimum atomic E-state index is -0.877. The van der Waals surface area contributed by atoms with E-state index >= 15 is 0 Å². The van der Waals surface area contributed by atoms with Crippen molar-refractivity contribution in [3.05, 3.63) is 24.5 Å². The maximum atomic E-state index is 10.5. The summed E-state index contributed by atoms with van der Waals surface area (Å²) in [6.07, 6.45) is 3.26. The standard InChI is InChI=1S/C9H9N3O2/c10-9-6-2-4-12(5-8(13)14)7(6)1-3-11-9/h1-4H,5H2,(H2,10,11)(H,13,14). The molecule has 2 aromatic heterocycles. The Morgan fingerprint density at radius 2 is 2.36 bits per heavy atom. The summed E-state index contributed by atoms with van der Waals surface area (Å²) in [4.78, 5) is 14.4. The normalized spacial score (nSPS) is 10.6. The molecular formula is C9H9N3O2. The van der Waals surface area contributed by atoms with E-state index in [1.165, 1.54) is 0 Å². The van der Waals surface area contributed by atoms with Gasteiger partial charge in [0.05, 0.1) is 5.52 Å². The molecule has 0 aliphatic carbocycles. The number of aromatic nitrogens is 2. The van der Waals surface area contributed by atoms with Crippen LogP contribution >= 0.6 is 0 Å². The molecule has 72 valence electrons. The Hall–Kier alpha value is -2.04. The second kappa shape index (κ2) is 3.02. The molecule has 0 aliphatic heterocycles. The molecule has 2 aromatic rings. The SMILES string of the molecule is Nc1nccc2c1ccn2CC(=O)O. The Balaban J connectivity index is 2.58. The van der Waals surface area contributed by atoms with Gasteiger partial charge in [-0.1, -0.05) is 0 Å². The van der Waals surface area contributed by atoms with Crippen LogP contribution in [-0.2, 0) is 11.3 Å². The molecule has 0 unspecified atom stereocenters. The highest BCUT2D eigenvalue weighted by molar-refractivity contribution is 5.89. The predicted molar refractivity (Wildman–Crippen MR) is 51.8 cm³/mol. The van der Waals surface area contributed by atoms with Gasteiger partial charge in [-0.05, 0) is 12.1 Å². The minimum absolute atomic E-state index is 0.0625. The van der Waals surface area contributed by atoms with E-state index in [1.54, 1.807) is 29.1 Å². The third kappa shape index (κ3) is 1.28. The largest absolute Gasteiger partial charge is 0.480 e. The molecule has 0 saturated carbocycles. The van der Waals surface area contributed by atoms with Crippen LogP contribution in [0.25, 0.3) is 10.9 Å². The number of pyridine rings is 1. The highest BCUT2D eigenvalue weighted by atomic mass is 16.4. The van der Waals surface area contributed by atoms with E-state index in [4.69, 9.17) is 10.8 Å². The van der Waals surface area contributed by atoms with Crippen molar-refractivity contribution in [3.63, 3.8) is 0 Å². The number of fused-ring (bicyclic) bond motifs is 1. The van der Waals surface area contributed by atoms with Crippen LogP contribution in [0.15, 0.2) is 24.5 Å². The average Bonchev–Trinajstić information content (AvgIpc) is 2.49. The number of anilines is 1. The predicted octanol–water partition coefficient (Wildman–Crippen LogP) is 0.703. The molecule has 0 saturated heterocycles. The van der Waals surface area contributed by atoms with Gasteiger partial charge >= 0.3 is 5.97 Å². The molecular weight excluding hydrogens is 182 g/mol. The summed E-state index contributed by atoms with van der Waals surface area (Å²) in [5, 5.41) is 9.43. The Labute approximate surface area is 79.8 Å². The number of nitrogen functional groups attached to an aromatic ring is 1. The zero-order valence-corrected chi connectivity index (χ0v) is 7.34. The average molecular weight is 191 g/mol. The fourth-order valence-corrected chi connectivity index (χ4v) is 1.43. The Morgan fingerprint density at radius 3 is 3.07 bits per heavy atom. The van der Waals surface area contributed by atoms with Crippen LogP contribution in [0.4, 0.5) is 5.82 Å². The van der Waals surface area contributed by atoms with Gasteiger partial charge in [0.25, 0.3) is 0 Å². The lowest BCUT2D eigenvalue weighted by molar-refractivity contribution is -0.137. The quantitative estimate of drug-likeness (QED) is 0.732. The van der Waals surface area contributed by atoms with Crippen molar-refractivity contribution in [2.75, 3.05) is 5.73 Å². The first-order valence-electron chi connectivity index (χ1n) is 4.09. The maximum Gasteiger partial charge on any atom is 0.323 e. The fraction of sp³-hybridized carbons (Fsp3) is 0.111. The lowest BCUT2D eigenvalue weighted by Gasteiger charge is -2.01. The highest BCUT2D eigenvalue weighted by Gasteiger charge is 2.06. The molecule has 3 N–H and O–H groups in total. The van der Waals surface area contributed by atoms with Crippen LogP contribution in [0.5, 0.6) is 0 Å². The monoisotopic (exact) mass is 191 g/mol. The smallest absolute Gasteiger partial charge is 0.323 e. The lowest BCUT2D eigenvalue weighted by atomic mass is 10.3. The number of rotatable bonds is 2. The summed E-state index contributed by atoms with van der Waals surface area (Å²) in [5.74, 6) is -0.454. The molecule has 0 amide bonds. The molecule has 0 spiro atoms. The maximum absolute atomic E-state index is 10.5. The van der Waals surface area contributed by atoms with Gasteiger partial charge in [-0.3, -0.25) is 4.79 Å². The molecule has 5 nitrogen and oxygen atoms in total. The summed E-state index contributed by atoms with van der Waals surface area (Å²) >= 11 is 0. The molecule has 0 aliphatic rings. The second-order valence-corrected chi connectivity index (χ2v) is 2.97. The lowest BCUT2D eigenvalue weighted by Crippen LogP contribution is -2.07. The molecule has 0 radical (unpaired) electrons. The summed E-state index contributed by atoms with van der Waals surface area (Å²) < 4.78 is 1.62. The number of hydrogen-bond acceptors (Lipinski definition) is 3. The van der Waals surface area contributed by atoms with Crippen LogP contribution < -0.4 is 5.73 Å². The van der Waals surface area contributed by atoms with Crippen LogP contribution in [0.1, 0.15) is 0 Å². The Bertz CT molecular complexity index is 490. The van der Waals surface area contributed by atoms with Crippen molar-refractivity contribution in [1.82, 2.24) is 9.55 Å². The van der Waals surface area contributed by atoms with E-state index < -0.39 is 5.97 Å². The molecule has 0 aromatic carbocycles. The fourth-order valence-electron chi connectivity index (χ4n) is 1.43. The van der Waals surface area contributed by atoms with Crippen LogP contribution in [0.3, 0.4) is 0 Å². The summed E-state index contributed by atoms with van der Waals surface area (Å²) in [6.45, 7) is -0.0625. The van der Waals surface area contributed by atoms with Crippen LogP contribution in [0, 0.1) is 0 Å². The summed E-state index contributed by atoms with van der Waals surface area (Å²) in [6, 6.07) is 3.51. The zero-order chi connectivity index (χ0) is 10.1. The third-order valence-corrected chi connectivity index (χ3v) is 2.03. The highest BCUT2D eigenvalue weighted by Crippen LogP contribution is 2.19. The molecule has 0 atom stereocenters. The second-order valence-electron chi connectivity index (χ2n) is 2.97. The number of nitrogens with two attached hydrogens (primary N) is 1. The van der Waals surface area contributed by atoms with Gasteiger partial charge in [-0.2, -0.15) is 0 Å². The number of aliphatic carboxylic acids is 1. The van der Waals surface area contributed by atoms with Gasteiger partial charge < -0.3 is 15.4 Å². The molecule has 0 fully saturated rings. The van der Waals surface area contributed by atoms with E-state index in [-0.39, 0.29) is 6.54 Å². The topological polar surface area (TPSA) is 81.1 Å². The molecule has 5 heteroatoms. The third-order valence-electron chi connectivity index (χ3n) is 2.03. The van der Waals surface area contributed by atoms with Gasteiger partial charge in [0.2, 0.25) is 0 Å². The van der Waals surface area contributed by atoms with Crippen LogP contribution in [0.2, 0.25) is 0 Å². The Morgan fingerprint density at radius 1 is 1.57 bits per heavy atom. The first kappa shape index (κ1) is 8.55. The summed E-state index contributed by atoms with van der Waals surface area (Å²) in [5.41, 5.74) is 6.42. The van der Waals surface area contributed by atoms with E-state index in [2.05, 4.69) is 4.98 Å². The first-order valence-corrected chi connectivity index (χ1v) is 4.09. The van der Waals surface area contributed by atoms with Crippen LogP contribution in [-0.4, -0.2) is 20.6 Å². The number of carbonyl (C=O) groups is 1. The first-order chi connectivity index (χ1) is 6.68. The van der Waals surface area contributed by atoms with E-state index in [1.807, 2.05) is 0 Å². The van der Waals surface area contributed by atoms with E-state index in [9.17, 15) is 4.79 Å². The van der Waals surface area contributed by atoms with Crippen molar-refractivity contribution in [2.45, 2.75) is 6.54 Å². The molecule has 0 bridgehead atoms. The number of carboxylic acid groups (broad SMARTS) is 1. The minimum Gasteiger partial charge on any atom is -0.480 e. The van der Waals surface area contributed by atoms with Gasteiger partial charge in [0, 0.05) is 17.8 Å². The molecule has 14 heavy (non-hydrogen) atoms. The Kier molecular flexibility index (Phi) is 1.85. The van der Waals surface area contributed by atoms with Gasteiger partial charge in [-0.25, -0.2) is 4.98 Å². The van der Waals surface area contributed by atoms with Crippen molar-refractivity contribution >= 4 is 22.7 Å². The van der Waals surface area contributed by atoms with Crippen molar-refractivity contribution in [1.29, 1.82) is 0 Å². The number of hydrogen-bond donors (Lipinski definition) is 2. The van der Waals surface area contributed by atoms with Gasteiger partial charge in [0.1, 0.15) is 12.4 Å². The van der Waals surface area contributed by atoms with Gasteiger partial charge in [-0.15, -0.1) is 0 Å². The van der Waals surface area contributed by atoms with Crippen molar-refractivity contribution in [2.24, 2.45) is 0 Å². The number of carboxylic acids is 1. The summed E-state index contributed by atoms with van der Waals surface area (Å²) in [7, 11) is 0. The number of nitrogens with zero attached hydrogens (tertiary/aromatic N) is 2. The van der Waals surface area contributed by atoms with Gasteiger partial charge in [0.15, 0.2) is 0 Å². The zero-order valence-electron chi connectivity index (χ0n) is 7.34. The molecule has 2 rings (SSSR count).